The van der Waals surface area contributed by atoms with Crippen molar-refractivity contribution in [3.8, 4) is 0 Å². The molecule has 2 aromatic heterocycles. The van der Waals surface area contributed by atoms with Crippen LogP contribution < -0.4 is 0 Å². The summed E-state index contributed by atoms with van der Waals surface area (Å²) in [5.74, 6) is -0.0883. The first-order chi connectivity index (χ1) is 7.76. The molecule has 0 aromatic carbocycles. The Kier molecular flexibility index (Phi) is 5.36. The lowest BCUT2D eigenvalue weighted by Crippen LogP contribution is -2.06. The summed E-state index contributed by atoms with van der Waals surface area (Å²) >= 11 is 5.21. The van der Waals surface area contributed by atoms with Gasteiger partial charge >= 0.3 is 5.97 Å². The maximum atomic E-state index is 10.4. The van der Waals surface area contributed by atoms with Gasteiger partial charge in [0.15, 0.2) is 0 Å². The first-order valence-electron chi connectivity index (χ1n) is 4.84. The Hall–Kier alpha value is -1.55. The molecule has 0 aliphatic carbocycles. The standard InChI is InChI=1S/C6H5N.C5H8ClNO2/c1-2-6-4-3-5(1)7-6;6-2-4-9-5(8)1-3-7/h1-4,7H;3,7H,1-2,4H2. The Balaban J connectivity index is 0.000000163. The lowest BCUT2D eigenvalue weighted by molar-refractivity contribution is -0.141. The third kappa shape index (κ3) is 4.31. The van der Waals surface area contributed by atoms with Gasteiger partial charge in [0.2, 0.25) is 0 Å². The summed E-state index contributed by atoms with van der Waals surface area (Å²) in [6, 6.07) is 8.26. The van der Waals surface area contributed by atoms with Crippen LogP contribution in [0, 0.1) is 5.41 Å². The van der Waals surface area contributed by atoms with Crippen LogP contribution in [0.4, 0.5) is 0 Å². The fourth-order valence-electron chi connectivity index (χ4n) is 1.10. The third-order valence-electron chi connectivity index (χ3n) is 1.78. The lowest BCUT2D eigenvalue weighted by atomic mass is 10.4. The molecular formula is C11H13ClN2O2. The molecule has 0 radical (unpaired) electrons. The molecule has 16 heavy (non-hydrogen) atoms. The minimum absolute atomic E-state index is 0.0386. The van der Waals surface area contributed by atoms with Crippen molar-refractivity contribution in [3.05, 3.63) is 24.3 Å². The zero-order chi connectivity index (χ0) is 11.8. The molecule has 0 aliphatic rings. The summed E-state index contributed by atoms with van der Waals surface area (Å²) < 4.78 is 4.51. The van der Waals surface area contributed by atoms with Gasteiger partial charge in [-0.1, -0.05) is 0 Å². The largest absolute Gasteiger partial charge is 0.464 e. The van der Waals surface area contributed by atoms with Gasteiger partial charge in [0.05, 0.1) is 12.3 Å². The van der Waals surface area contributed by atoms with Gasteiger partial charge in [0.25, 0.3) is 0 Å². The van der Waals surface area contributed by atoms with Crippen LogP contribution in [0.2, 0.25) is 0 Å². The van der Waals surface area contributed by atoms with E-state index in [-0.39, 0.29) is 13.0 Å². The monoisotopic (exact) mass is 240 g/mol. The minimum atomic E-state index is -0.398. The number of fused-ring (bicyclic) bond motifs is 2. The zero-order valence-corrected chi connectivity index (χ0v) is 9.46. The predicted octanol–water partition coefficient (Wildman–Crippen LogP) is 2.41. The van der Waals surface area contributed by atoms with E-state index in [2.05, 4.69) is 34.0 Å². The first-order valence-corrected chi connectivity index (χ1v) is 5.37. The van der Waals surface area contributed by atoms with Crippen LogP contribution >= 0.6 is 11.6 Å². The second kappa shape index (κ2) is 6.85. The number of H-pyrrole nitrogens is 1. The normalized spacial score (nSPS) is 9.56. The van der Waals surface area contributed by atoms with Crippen LogP contribution in [0.5, 0.6) is 0 Å². The molecule has 0 spiro atoms. The Morgan fingerprint density at radius 1 is 1.38 bits per heavy atom. The van der Waals surface area contributed by atoms with Crippen molar-refractivity contribution in [2.45, 2.75) is 6.42 Å². The molecule has 0 amide bonds. The minimum Gasteiger partial charge on any atom is -0.464 e. The highest BCUT2D eigenvalue weighted by molar-refractivity contribution is 6.18. The van der Waals surface area contributed by atoms with Gasteiger partial charge in [-0.15, -0.1) is 11.6 Å². The van der Waals surface area contributed by atoms with E-state index in [9.17, 15) is 4.79 Å². The summed E-state index contributed by atoms with van der Waals surface area (Å²) in [4.78, 5) is 13.5. The molecule has 2 rings (SSSR count). The molecule has 0 saturated carbocycles. The van der Waals surface area contributed by atoms with E-state index in [4.69, 9.17) is 17.0 Å². The van der Waals surface area contributed by atoms with Crippen LogP contribution in [0.15, 0.2) is 24.3 Å². The number of aromatic amines is 1. The van der Waals surface area contributed by atoms with Crippen LogP contribution in [0.3, 0.4) is 0 Å². The van der Waals surface area contributed by atoms with Gasteiger partial charge in [-0.25, -0.2) is 0 Å². The molecule has 2 heterocycles. The van der Waals surface area contributed by atoms with E-state index >= 15 is 0 Å². The quantitative estimate of drug-likeness (QED) is 0.490. The van der Waals surface area contributed by atoms with E-state index in [1.165, 1.54) is 11.0 Å². The van der Waals surface area contributed by atoms with E-state index < -0.39 is 5.97 Å². The number of nitrogens with one attached hydrogen (secondary N) is 2. The summed E-state index contributed by atoms with van der Waals surface area (Å²) in [6.07, 6.45) is 1.04. The second-order valence-electron chi connectivity index (χ2n) is 3.02. The molecule has 0 saturated heterocycles. The number of benzene rings is 1. The number of hydrogen-bond donors (Lipinski definition) is 2. The average molecular weight is 241 g/mol. The van der Waals surface area contributed by atoms with Crippen molar-refractivity contribution in [3.63, 3.8) is 0 Å². The molecule has 2 N–H and O–H groups in total. The van der Waals surface area contributed by atoms with Crippen molar-refractivity contribution in [1.82, 2.24) is 4.98 Å². The second-order valence-corrected chi connectivity index (χ2v) is 3.40. The molecule has 0 fully saturated rings. The molecule has 2 aromatic rings. The molecule has 5 heteroatoms. The lowest BCUT2D eigenvalue weighted by Gasteiger charge is -1.96. The van der Waals surface area contributed by atoms with Gasteiger partial charge in [0, 0.05) is 17.2 Å². The molecular weight excluding hydrogens is 228 g/mol. The topological polar surface area (TPSA) is 65.9 Å². The first kappa shape index (κ1) is 12.5. The van der Waals surface area contributed by atoms with E-state index in [0.717, 1.165) is 6.21 Å². The number of carbonyl (C=O) groups is 1. The maximum Gasteiger partial charge on any atom is 0.311 e. The number of hydrogen-bond acceptors (Lipinski definition) is 3. The molecule has 0 atom stereocenters. The number of ether oxygens (including phenoxy) is 1. The Labute approximate surface area is 98.4 Å². The highest BCUT2D eigenvalue weighted by atomic mass is 35.5. The number of aromatic nitrogens is 1. The maximum absolute atomic E-state index is 10.4. The van der Waals surface area contributed by atoms with Crippen LogP contribution in [0.1, 0.15) is 6.42 Å². The van der Waals surface area contributed by atoms with Crippen molar-refractivity contribution >= 4 is 34.8 Å². The van der Waals surface area contributed by atoms with Crippen LogP contribution in [-0.2, 0) is 9.53 Å². The third-order valence-corrected chi connectivity index (χ3v) is 1.94. The number of esters is 1. The molecule has 0 unspecified atom stereocenters. The highest BCUT2D eigenvalue weighted by Gasteiger charge is 1.96. The van der Waals surface area contributed by atoms with Crippen LogP contribution in [0.25, 0.3) is 11.0 Å². The van der Waals surface area contributed by atoms with E-state index in [1.54, 1.807) is 0 Å². The van der Waals surface area contributed by atoms with Crippen LogP contribution in [-0.4, -0.2) is 29.7 Å². The summed E-state index contributed by atoms with van der Waals surface area (Å²) in [6.45, 7) is 0.230. The van der Waals surface area contributed by atoms with Crippen molar-refractivity contribution in [1.29, 1.82) is 5.41 Å². The fraction of sp³-hybridized carbons (Fsp3) is 0.273. The molecule has 2 bridgehead atoms. The predicted molar refractivity (Wildman–Crippen MR) is 64.6 cm³/mol. The number of alkyl halides is 1. The van der Waals surface area contributed by atoms with E-state index in [1.807, 2.05) is 0 Å². The summed E-state index contributed by atoms with van der Waals surface area (Å²) in [5, 5.41) is 6.51. The summed E-state index contributed by atoms with van der Waals surface area (Å²) in [5.41, 5.74) is 2.44. The van der Waals surface area contributed by atoms with Crippen molar-refractivity contribution in [2.24, 2.45) is 0 Å². The fourth-order valence-corrected chi connectivity index (χ4v) is 1.18. The Morgan fingerprint density at radius 3 is 2.25 bits per heavy atom. The van der Waals surface area contributed by atoms with E-state index in [0.29, 0.717) is 5.88 Å². The zero-order valence-electron chi connectivity index (χ0n) is 8.70. The Bertz CT molecular complexity index is 382. The van der Waals surface area contributed by atoms with Gasteiger partial charge in [-0.2, -0.15) is 0 Å². The summed E-state index contributed by atoms with van der Waals surface area (Å²) in [7, 11) is 0. The highest BCUT2D eigenvalue weighted by Crippen LogP contribution is 2.07. The number of halogens is 1. The average Bonchev–Trinajstić information content (AvgIpc) is 2.92. The molecule has 0 aliphatic heterocycles. The smallest absolute Gasteiger partial charge is 0.311 e. The van der Waals surface area contributed by atoms with Gasteiger partial charge in [-0.05, 0) is 24.3 Å². The molecule has 4 nitrogen and oxygen atoms in total. The Morgan fingerprint density at radius 2 is 1.94 bits per heavy atom. The molecule has 86 valence electrons. The number of carbonyl (C=O) groups excluding carboxylic acids is 1. The van der Waals surface area contributed by atoms with Gasteiger partial charge in [-0.3, -0.25) is 4.79 Å². The van der Waals surface area contributed by atoms with Crippen molar-refractivity contribution in [2.75, 3.05) is 12.5 Å². The van der Waals surface area contributed by atoms with Gasteiger partial charge in [0.1, 0.15) is 6.61 Å². The van der Waals surface area contributed by atoms with Gasteiger partial charge < -0.3 is 15.1 Å². The van der Waals surface area contributed by atoms with Crippen molar-refractivity contribution < 1.29 is 9.53 Å². The SMILES string of the molecule is N=CCC(=O)OCCCl.c1cc2ccc1[nH]2. The number of rotatable bonds is 4.